The van der Waals surface area contributed by atoms with E-state index in [1.807, 2.05) is 24.3 Å². The van der Waals surface area contributed by atoms with E-state index in [9.17, 15) is 23.6 Å². The molecule has 2 fully saturated rings. The van der Waals surface area contributed by atoms with Crippen molar-refractivity contribution in [3.63, 3.8) is 0 Å². The van der Waals surface area contributed by atoms with Crippen molar-refractivity contribution in [1.29, 1.82) is 0 Å². The van der Waals surface area contributed by atoms with Crippen LogP contribution in [0.5, 0.6) is 0 Å². The second-order valence-corrected chi connectivity index (χ2v) is 9.63. The number of halogens is 1. The summed E-state index contributed by atoms with van der Waals surface area (Å²) in [5.41, 5.74) is 1.94. The fraction of sp³-hybridized carbons (Fsp3) is 0.231. The third-order valence-electron chi connectivity index (χ3n) is 6.17. The van der Waals surface area contributed by atoms with Crippen LogP contribution < -0.4 is 5.32 Å². The topological polar surface area (TPSA) is 91.7 Å². The van der Waals surface area contributed by atoms with Crippen molar-refractivity contribution in [2.24, 2.45) is 0 Å². The molecule has 0 unspecified atom stereocenters. The van der Waals surface area contributed by atoms with Gasteiger partial charge in [-0.3, -0.25) is 24.1 Å². The van der Waals surface area contributed by atoms with Crippen LogP contribution in [0.2, 0.25) is 0 Å². The van der Waals surface area contributed by atoms with Gasteiger partial charge in [-0.15, -0.1) is 0 Å². The van der Waals surface area contributed by atoms with E-state index < -0.39 is 11.1 Å². The molecule has 3 aromatic rings. The van der Waals surface area contributed by atoms with Crippen LogP contribution in [0.25, 0.3) is 17.0 Å². The van der Waals surface area contributed by atoms with Crippen LogP contribution in [0.15, 0.2) is 59.6 Å². The van der Waals surface area contributed by atoms with E-state index >= 15 is 0 Å². The van der Waals surface area contributed by atoms with Crippen LogP contribution in [0, 0.1) is 5.82 Å². The van der Waals surface area contributed by atoms with Gasteiger partial charge in [-0.25, -0.2) is 4.39 Å². The maximum atomic E-state index is 13.1. The lowest BCUT2D eigenvalue weighted by atomic mass is 10.1. The first kappa shape index (κ1) is 23.8. The third-order valence-corrected chi connectivity index (χ3v) is 7.08. The SMILES string of the molecule is O=C(Cn1cc(/C=C2/SC(=O)N(CC(=O)N3CCCC3)C2=O)c2ccccc21)Nc1ccc(F)cc1. The summed E-state index contributed by atoms with van der Waals surface area (Å²) in [6.45, 7) is 1.04. The van der Waals surface area contributed by atoms with Crippen LogP contribution in [0.1, 0.15) is 18.4 Å². The zero-order chi connectivity index (χ0) is 25.2. The molecule has 0 radical (unpaired) electrons. The number of rotatable bonds is 6. The Hall–Kier alpha value is -3.92. The summed E-state index contributed by atoms with van der Waals surface area (Å²) in [6, 6.07) is 12.9. The Morgan fingerprint density at radius 1 is 1.00 bits per heavy atom. The van der Waals surface area contributed by atoms with Crippen molar-refractivity contribution in [3.8, 4) is 0 Å². The lowest BCUT2D eigenvalue weighted by molar-refractivity contribution is -0.135. The first-order chi connectivity index (χ1) is 17.4. The lowest BCUT2D eigenvalue weighted by Gasteiger charge is -2.18. The van der Waals surface area contributed by atoms with Crippen molar-refractivity contribution < 1.29 is 23.6 Å². The minimum atomic E-state index is -0.497. The van der Waals surface area contributed by atoms with Gasteiger partial charge in [-0.05, 0) is 61.0 Å². The predicted molar refractivity (Wildman–Crippen MR) is 135 cm³/mol. The average Bonchev–Trinajstić information content (AvgIpc) is 3.58. The summed E-state index contributed by atoms with van der Waals surface area (Å²) in [4.78, 5) is 53.5. The highest BCUT2D eigenvalue weighted by Gasteiger charge is 2.37. The molecule has 2 aliphatic heterocycles. The molecule has 36 heavy (non-hydrogen) atoms. The second kappa shape index (κ2) is 9.98. The predicted octanol–water partition coefficient (Wildman–Crippen LogP) is 4.08. The number of nitrogens with zero attached hydrogens (tertiary/aromatic N) is 3. The number of carbonyl (C=O) groups excluding carboxylic acids is 4. The Morgan fingerprint density at radius 2 is 1.72 bits per heavy atom. The van der Waals surface area contributed by atoms with Gasteiger partial charge in [0.15, 0.2) is 0 Å². The number of likely N-dealkylation sites (tertiary alicyclic amines) is 1. The van der Waals surface area contributed by atoms with E-state index in [2.05, 4.69) is 5.32 Å². The molecule has 184 valence electrons. The Labute approximate surface area is 210 Å². The number of anilines is 1. The normalized spacial score (nSPS) is 17.0. The van der Waals surface area contributed by atoms with Crippen molar-refractivity contribution in [2.45, 2.75) is 19.4 Å². The number of benzene rings is 2. The molecule has 10 heteroatoms. The maximum absolute atomic E-state index is 13.1. The molecule has 2 aliphatic rings. The highest BCUT2D eigenvalue weighted by atomic mass is 32.2. The smallest absolute Gasteiger partial charge is 0.294 e. The molecule has 3 heterocycles. The van der Waals surface area contributed by atoms with E-state index in [1.165, 1.54) is 24.3 Å². The number of amides is 4. The number of aromatic nitrogens is 1. The van der Waals surface area contributed by atoms with Crippen LogP contribution in [0.4, 0.5) is 14.9 Å². The molecule has 0 aliphatic carbocycles. The highest BCUT2D eigenvalue weighted by molar-refractivity contribution is 8.18. The van der Waals surface area contributed by atoms with Gasteiger partial charge in [-0.2, -0.15) is 0 Å². The van der Waals surface area contributed by atoms with E-state index in [0.717, 1.165) is 40.4 Å². The minimum absolute atomic E-state index is 0.00244. The summed E-state index contributed by atoms with van der Waals surface area (Å²) in [7, 11) is 0. The monoisotopic (exact) mass is 506 g/mol. The number of hydrogen-bond acceptors (Lipinski definition) is 5. The Morgan fingerprint density at radius 3 is 2.47 bits per heavy atom. The van der Waals surface area contributed by atoms with E-state index in [4.69, 9.17) is 0 Å². The van der Waals surface area contributed by atoms with Gasteiger partial charge < -0.3 is 14.8 Å². The van der Waals surface area contributed by atoms with Gasteiger partial charge in [0.25, 0.3) is 11.1 Å². The average molecular weight is 507 g/mol. The molecular formula is C26H23FN4O4S. The molecule has 0 saturated carbocycles. The number of fused-ring (bicyclic) bond motifs is 1. The molecule has 5 rings (SSSR count). The van der Waals surface area contributed by atoms with Crippen LogP contribution in [-0.4, -0.2) is 57.0 Å². The minimum Gasteiger partial charge on any atom is -0.341 e. The molecule has 4 amide bonds. The Balaban J connectivity index is 1.35. The summed E-state index contributed by atoms with van der Waals surface area (Å²) >= 11 is 0.804. The quantitative estimate of drug-likeness (QED) is 0.509. The number of nitrogens with one attached hydrogen (secondary N) is 1. The van der Waals surface area contributed by atoms with E-state index in [0.29, 0.717) is 24.3 Å². The molecule has 2 aromatic carbocycles. The van der Waals surface area contributed by atoms with Crippen molar-refractivity contribution >= 4 is 57.4 Å². The van der Waals surface area contributed by atoms with Gasteiger partial charge >= 0.3 is 0 Å². The van der Waals surface area contributed by atoms with Crippen LogP contribution in [-0.2, 0) is 20.9 Å². The van der Waals surface area contributed by atoms with Gasteiger partial charge in [0.05, 0.1) is 4.91 Å². The van der Waals surface area contributed by atoms with Crippen molar-refractivity contribution in [3.05, 3.63) is 71.0 Å². The number of imide groups is 1. The lowest BCUT2D eigenvalue weighted by Crippen LogP contribution is -2.40. The van der Waals surface area contributed by atoms with Gasteiger partial charge in [0.1, 0.15) is 18.9 Å². The first-order valence-electron chi connectivity index (χ1n) is 11.6. The molecule has 2 saturated heterocycles. The Bertz CT molecular complexity index is 1390. The van der Waals surface area contributed by atoms with Crippen molar-refractivity contribution in [1.82, 2.24) is 14.4 Å². The van der Waals surface area contributed by atoms with Gasteiger partial charge in [-0.1, -0.05) is 18.2 Å². The number of hydrogen-bond donors (Lipinski definition) is 1. The zero-order valence-corrected chi connectivity index (χ0v) is 20.1. The molecule has 0 bridgehead atoms. The number of para-hydroxylation sites is 1. The molecular weight excluding hydrogens is 483 g/mol. The van der Waals surface area contributed by atoms with Crippen LogP contribution in [0.3, 0.4) is 0 Å². The van der Waals surface area contributed by atoms with Gasteiger partial charge in [0.2, 0.25) is 11.8 Å². The van der Waals surface area contributed by atoms with Crippen LogP contribution >= 0.6 is 11.8 Å². The first-order valence-corrected chi connectivity index (χ1v) is 12.4. The molecule has 1 N–H and O–H groups in total. The van der Waals surface area contributed by atoms with E-state index in [1.54, 1.807) is 21.7 Å². The summed E-state index contributed by atoms with van der Waals surface area (Å²) in [5, 5.41) is 3.08. The fourth-order valence-corrected chi connectivity index (χ4v) is 5.22. The summed E-state index contributed by atoms with van der Waals surface area (Å²) in [6.07, 6.45) is 5.24. The molecule has 0 spiro atoms. The summed E-state index contributed by atoms with van der Waals surface area (Å²) in [5.74, 6) is -1.41. The number of carbonyl (C=O) groups is 4. The summed E-state index contributed by atoms with van der Waals surface area (Å²) < 4.78 is 14.9. The molecule has 0 atom stereocenters. The van der Waals surface area contributed by atoms with Gasteiger partial charge in [0, 0.05) is 41.4 Å². The molecule has 8 nitrogen and oxygen atoms in total. The van der Waals surface area contributed by atoms with Crippen molar-refractivity contribution in [2.75, 3.05) is 25.0 Å². The fourth-order valence-electron chi connectivity index (χ4n) is 4.39. The molecule has 1 aromatic heterocycles. The van der Waals surface area contributed by atoms with E-state index in [-0.39, 0.29) is 35.6 Å². The Kier molecular flexibility index (Phi) is 6.60. The maximum Gasteiger partial charge on any atom is 0.294 e. The highest BCUT2D eigenvalue weighted by Crippen LogP contribution is 2.34. The zero-order valence-electron chi connectivity index (χ0n) is 19.3. The second-order valence-electron chi connectivity index (χ2n) is 8.64. The number of thioether (sulfide) groups is 1. The largest absolute Gasteiger partial charge is 0.341 e. The third kappa shape index (κ3) is 4.90. The standard InChI is InChI=1S/C26H23FN4O4S/c27-18-7-9-19(10-8-18)28-23(32)15-30-14-17(20-5-1-2-6-21(20)30)13-22-25(34)31(26(35)36-22)16-24(33)29-11-3-4-12-29/h1-2,5-10,13-14H,3-4,11-12,15-16H2,(H,28,32)/b22-13+.